The number of rotatable bonds is 5. The number of carbonyl (C=O) groups is 1. The van der Waals surface area contributed by atoms with Crippen molar-refractivity contribution in [3.8, 4) is 17.0 Å². The Morgan fingerprint density at radius 2 is 1.89 bits per heavy atom. The summed E-state index contributed by atoms with van der Waals surface area (Å²) in [4.78, 5) is 14.4. The first-order valence-corrected chi connectivity index (χ1v) is 12.5. The van der Waals surface area contributed by atoms with Crippen LogP contribution in [0, 0.1) is 6.92 Å². The van der Waals surface area contributed by atoms with Crippen molar-refractivity contribution in [2.24, 2.45) is 0 Å². The van der Waals surface area contributed by atoms with Gasteiger partial charge in [-0.25, -0.2) is 4.79 Å². The number of carbonyl (C=O) groups excluding carboxylic acids is 1. The van der Waals surface area contributed by atoms with Crippen molar-refractivity contribution < 1.29 is 32.2 Å². The van der Waals surface area contributed by atoms with Crippen molar-refractivity contribution in [1.29, 1.82) is 0 Å². The van der Waals surface area contributed by atoms with Gasteiger partial charge in [-0.1, -0.05) is 18.2 Å². The highest BCUT2D eigenvalue weighted by molar-refractivity contribution is 5.86. The van der Waals surface area contributed by atoms with Gasteiger partial charge in [0, 0.05) is 37.1 Å². The lowest BCUT2D eigenvalue weighted by Gasteiger charge is -2.34. The molecule has 1 saturated heterocycles. The number of nitrogens with zero attached hydrogens (tertiary/aromatic N) is 3. The second kappa shape index (κ2) is 10.8. The van der Waals surface area contributed by atoms with Crippen LogP contribution in [0.15, 0.2) is 36.4 Å². The minimum atomic E-state index is -4.52. The summed E-state index contributed by atoms with van der Waals surface area (Å²) < 4.78 is 56.3. The molecule has 2 aromatic carbocycles. The maximum absolute atomic E-state index is 13.4. The Labute approximate surface area is 219 Å². The molecule has 1 aromatic heterocycles. The lowest BCUT2D eigenvalue weighted by Crippen LogP contribution is -2.42. The van der Waals surface area contributed by atoms with E-state index in [-0.39, 0.29) is 24.6 Å². The van der Waals surface area contributed by atoms with Gasteiger partial charge in [0.25, 0.3) is 0 Å². The van der Waals surface area contributed by atoms with Crippen LogP contribution in [-0.4, -0.2) is 53.8 Å². The quantitative estimate of drug-likeness (QED) is 0.340. The average molecular weight is 532 g/mol. The number of aromatic nitrogens is 2. The van der Waals surface area contributed by atoms with Crippen LogP contribution in [0.5, 0.6) is 5.75 Å². The smallest absolute Gasteiger partial charge is 0.416 e. The third-order valence-corrected chi connectivity index (χ3v) is 6.38. The van der Waals surface area contributed by atoms with Crippen molar-refractivity contribution in [2.45, 2.75) is 58.2 Å². The van der Waals surface area contributed by atoms with Crippen LogP contribution < -0.4 is 4.74 Å². The first-order chi connectivity index (χ1) is 17.9. The standard InChI is InChI=1S/C28H32F3N3O4/c1-17-12-20(28(29,30)31)14-23(37-16-36-5)24(17)22-13-18-8-6-10-21(25(18)33-32-22)19-9-7-11-34(15-19)26(35)38-27(2,3)4/h6,8,10,12-14,19H,7,9,11,15-16H2,1-5H3. The van der Waals surface area contributed by atoms with Crippen LogP contribution in [0.3, 0.4) is 0 Å². The molecule has 0 spiro atoms. The van der Waals surface area contributed by atoms with E-state index >= 15 is 0 Å². The molecule has 4 rings (SSSR count). The second-order valence-electron chi connectivity index (χ2n) is 10.5. The molecule has 38 heavy (non-hydrogen) atoms. The van der Waals surface area contributed by atoms with Crippen LogP contribution >= 0.6 is 0 Å². The van der Waals surface area contributed by atoms with Gasteiger partial charge >= 0.3 is 12.3 Å². The van der Waals surface area contributed by atoms with Crippen LogP contribution in [-0.2, 0) is 15.7 Å². The zero-order valence-electron chi connectivity index (χ0n) is 22.2. The van der Waals surface area contributed by atoms with E-state index in [9.17, 15) is 18.0 Å². The fourth-order valence-corrected chi connectivity index (χ4v) is 4.75. The monoisotopic (exact) mass is 531 g/mol. The summed E-state index contributed by atoms with van der Waals surface area (Å²) in [7, 11) is 1.40. The number of halogens is 3. The molecule has 2 heterocycles. The first kappa shape index (κ1) is 27.6. The zero-order valence-corrected chi connectivity index (χ0v) is 22.2. The number of ether oxygens (including phenoxy) is 3. The number of hydrogen-bond donors (Lipinski definition) is 0. The summed E-state index contributed by atoms with van der Waals surface area (Å²) in [5, 5.41) is 9.69. The molecule has 7 nitrogen and oxygen atoms in total. The Hall–Kier alpha value is -3.40. The molecule has 1 amide bonds. The van der Waals surface area contributed by atoms with Crippen LogP contribution in [0.4, 0.5) is 18.0 Å². The molecular formula is C28H32F3N3O4. The summed E-state index contributed by atoms with van der Waals surface area (Å²) in [6.45, 7) is 8.03. The highest BCUT2D eigenvalue weighted by Gasteiger charge is 2.33. The van der Waals surface area contributed by atoms with E-state index in [1.165, 1.54) is 7.11 Å². The summed E-state index contributed by atoms with van der Waals surface area (Å²) in [5.41, 5.74) is 1.44. The molecule has 1 fully saturated rings. The Kier molecular flexibility index (Phi) is 7.83. The van der Waals surface area contributed by atoms with Gasteiger partial charge < -0.3 is 19.1 Å². The van der Waals surface area contributed by atoms with Gasteiger partial charge in [-0.2, -0.15) is 13.2 Å². The summed E-state index contributed by atoms with van der Waals surface area (Å²) >= 11 is 0. The Morgan fingerprint density at radius 3 is 2.58 bits per heavy atom. The maximum atomic E-state index is 13.4. The normalized spacial score (nSPS) is 16.5. The number of benzene rings is 2. The Balaban J connectivity index is 1.69. The molecular weight excluding hydrogens is 499 g/mol. The molecule has 0 aliphatic carbocycles. The summed E-state index contributed by atoms with van der Waals surface area (Å²) in [6.07, 6.45) is -3.14. The summed E-state index contributed by atoms with van der Waals surface area (Å²) in [6, 6.07) is 9.62. The fourth-order valence-electron chi connectivity index (χ4n) is 4.75. The number of hydrogen-bond acceptors (Lipinski definition) is 6. The third kappa shape index (κ3) is 6.18. The molecule has 0 N–H and O–H groups in total. The first-order valence-electron chi connectivity index (χ1n) is 12.5. The number of alkyl halides is 3. The van der Waals surface area contributed by atoms with Gasteiger partial charge in [-0.15, -0.1) is 10.2 Å². The van der Waals surface area contributed by atoms with Crippen molar-refractivity contribution >= 4 is 17.0 Å². The largest absolute Gasteiger partial charge is 0.467 e. The van der Waals surface area contributed by atoms with Crippen LogP contribution in [0.2, 0.25) is 0 Å². The molecule has 204 valence electrons. The highest BCUT2D eigenvalue weighted by Crippen LogP contribution is 2.40. The van der Waals surface area contributed by atoms with Gasteiger partial charge in [0.2, 0.25) is 0 Å². The van der Waals surface area contributed by atoms with Crippen LogP contribution in [0.1, 0.15) is 56.2 Å². The lowest BCUT2D eigenvalue weighted by atomic mass is 9.89. The Bertz CT molecular complexity index is 1320. The third-order valence-electron chi connectivity index (χ3n) is 6.38. The van der Waals surface area contributed by atoms with E-state index in [0.29, 0.717) is 35.4 Å². The fraction of sp³-hybridized carbons (Fsp3) is 0.464. The topological polar surface area (TPSA) is 73.8 Å². The van der Waals surface area contributed by atoms with E-state index in [1.807, 2.05) is 39.0 Å². The number of methoxy groups -OCH3 is 1. The maximum Gasteiger partial charge on any atom is 0.416 e. The SMILES string of the molecule is COCOc1cc(C(F)(F)F)cc(C)c1-c1cc2cccc(C3CCCN(C(=O)OC(C)(C)C)C3)c2nn1. The van der Waals surface area contributed by atoms with Gasteiger partial charge in [-0.3, -0.25) is 0 Å². The van der Waals surface area contributed by atoms with Crippen molar-refractivity contribution in [1.82, 2.24) is 15.1 Å². The molecule has 1 unspecified atom stereocenters. The lowest BCUT2D eigenvalue weighted by molar-refractivity contribution is -0.137. The van der Waals surface area contributed by atoms with E-state index in [1.54, 1.807) is 17.9 Å². The van der Waals surface area contributed by atoms with Gasteiger partial charge in [0.15, 0.2) is 6.79 Å². The van der Waals surface area contributed by atoms with Crippen molar-refractivity contribution in [3.05, 3.63) is 53.1 Å². The number of piperidine rings is 1. The number of likely N-dealkylation sites (tertiary alicyclic amines) is 1. The van der Waals surface area contributed by atoms with E-state index in [0.717, 1.165) is 35.9 Å². The average Bonchev–Trinajstić information content (AvgIpc) is 2.85. The number of fused-ring (bicyclic) bond motifs is 1. The van der Waals surface area contributed by atoms with Gasteiger partial charge in [-0.05, 0) is 69.9 Å². The Morgan fingerprint density at radius 1 is 1.13 bits per heavy atom. The van der Waals surface area contributed by atoms with Crippen LogP contribution in [0.25, 0.3) is 22.2 Å². The van der Waals surface area contributed by atoms with Gasteiger partial charge in [0.05, 0.1) is 16.8 Å². The van der Waals surface area contributed by atoms with Gasteiger partial charge in [0.1, 0.15) is 11.4 Å². The number of amides is 1. The minimum Gasteiger partial charge on any atom is -0.467 e. The van der Waals surface area contributed by atoms with E-state index in [2.05, 4.69) is 10.2 Å². The van der Waals surface area contributed by atoms with E-state index in [4.69, 9.17) is 14.2 Å². The molecule has 1 atom stereocenters. The minimum absolute atomic E-state index is 0.0178. The molecule has 10 heteroatoms. The molecule has 1 aliphatic heterocycles. The second-order valence-corrected chi connectivity index (χ2v) is 10.5. The van der Waals surface area contributed by atoms with Crippen molar-refractivity contribution in [3.63, 3.8) is 0 Å². The van der Waals surface area contributed by atoms with E-state index < -0.39 is 17.3 Å². The predicted octanol–water partition coefficient (Wildman–Crippen LogP) is 6.72. The highest BCUT2D eigenvalue weighted by atomic mass is 19.4. The van der Waals surface area contributed by atoms with Crippen molar-refractivity contribution in [2.75, 3.05) is 27.0 Å². The molecule has 0 bridgehead atoms. The zero-order chi connectivity index (χ0) is 27.7. The summed E-state index contributed by atoms with van der Waals surface area (Å²) in [5.74, 6) is 0.0674. The number of aryl methyl sites for hydroxylation is 1. The predicted molar refractivity (Wildman–Crippen MR) is 137 cm³/mol. The molecule has 1 aliphatic rings. The molecule has 3 aromatic rings. The molecule has 0 saturated carbocycles. The molecule has 0 radical (unpaired) electrons.